The lowest BCUT2D eigenvalue weighted by Gasteiger charge is -2.28. The number of nitrogens with zero attached hydrogens (tertiary/aromatic N) is 4. The molecule has 0 atom stereocenters. The number of rotatable bonds is 10. The molecule has 0 bridgehead atoms. The number of fused-ring (bicyclic) bond motifs is 1. The molecule has 0 spiro atoms. The van der Waals surface area contributed by atoms with Gasteiger partial charge < -0.3 is 20.1 Å². The Labute approximate surface area is 203 Å². The van der Waals surface area contributed by atoms with Gasteiger partial charge in [0.2, 0.25) is 5.95 Å². The minimum absolute atomic E-state index is 0.285. The van der Waals surface area contributed by atoms with E-state index in [1.165, 1.54) is 24.9 Å². The zero-order valence-corrected chi connectivity index (χ0v) is 20.9. The third-order valence-electron chi connectivity index (χ3n) is 6.82. The van der Waals surface area contributed by atoms with Crippen molar-refractivity contribution >= 4 is 34.2 Å². The first-order chi connectivity index (χ1) is 16.6. The van der Waals surface area contributed by atoms with Crippen LogP contribution in [0.3, 0.4) is 0 Å². The molecule has 7 heteroatoms. The van der Waals surface area contributed by atoms with Gasteiger partial charge in [0.25, 0.3) is 0 Å². The van der Waals surface area contributed by atoms with E-state index < -0.39 is 0 Å². The van der Waals surface area contributed by atoms with Gasteiger partial charge in [-0.25, -0.2) is 4.98 Å². The molecule has 1 aliphatic rings. The van der Waals surface area contributed by atoms with Crippen molar-refractivity contribution in [2.45, 2.75) is 71.8 Å². The summed E-state index contributed by atoms with van der Waals surface area (Å²) in [7, 11) is 0. The molecule has 2 aromatic heterocycles. The Hall–Kier alpha value is -3.09. The molecule has 1 aromatic carbocycles. The van der Waals surface area contributed by atoms with Crippen LogP contribution in [0.2, 0.25) is 0 Å². The van der Waals surface area contributed by atoms with E-state index in [0.29, 0.717) is 11.8 Å². The highest BCUT2D eigenvalue weighted by Crippen LogP contribution is 2.28. The Morgan fingerprint density at radius 3 is 2.47 bits per heavy atom. The van der Waals surface area contributed by atoms with Crippen LogP contribution in [0.5, 0.6) is 0 Å². The van der Waals surface area contributed by atoms with Crippen LogP contribution in [0.1, 0.15) is 77.5 Å². The molecule has 34 heavy (non-hydrogen) atoms. The molecule has 3 N–H and O–H groups in total. The van der Waals surface area contributed by atoms with E-state index >= 15 is 0 Å². The lowest BCUT2D eigenvalue weighted by atomic mass is 10.1. The Bertz CT molecular complexity index is 1080. The second-order valence-corrected chi connectivity index (χ2v) is 9.22. The average molecular weight is 462 g/mol. The highest BCUT2D eigenvalue weighted by atomic mass is 15.2. The van der Waals surface area contributed by atoms with Gasteiger partial charge in [0.05, 0.1) is 5.69 Å². The van der Waals surface area contributed by atoms with Gasteiger partial charge in [-0.05, 0) is 68.9 Å². The second-order valence-electron chi connectivity index (χ2n) is 9.22. The van der Waals surface area contributed by atoms with Gasteiger partial charge in [-0.3, -0.25) is 5.41 Å². The summed E-state index contributed by atoms with van der Waals surface area (Å²) in [6.45, 7) is 9.65. The molecule has 3 aromatic rings. The fourth-order valence-electron chi connectivity index (χ4n) is 4.80. The first kappa shape index (κ1) is 24.0. The van der Waals surface area contributed by atoms with Gasteiger partial charge in [0, 0.05) is 48.6 Å². The maximum Gasteiger partial charge on any atom is 0.229 e. The predicted molar refractivity (Wildman–Crippen MR) is 143 cm³/mol. The second kappa shape index (κ2) is 11.4. The van der Waals surface area contributed by atoms with Crippen LogP contribution < -0.4 is 15.5 Å². The normalized spacial score (nSPS) is 14.1. The Kier molecular flexibility index (Phi) is 8.03. The van der Waals surface area contributed by atoms with E-state index in [1.54, 1.807) is 0 Å². The number of anilines is 3. The van der Waals surface area contributed by atoms with E-state index in [4.69, 9.17) is 10.4 Å². The first-order valence-electron chi connectivity index (χ1n) is 13.0. The van der Waals surface area contributed by atoms with E-state index in [1.807, 2.05) is 12.3 Å². The zero-order chi connectivity index (χ0) is 23.9. The molecule has 0 unspecified atom stereocenters. The molecule has 0 aliphatic carbocycles. The number of hydrogen-bond acceptors (Lipinski definition) is 5. The topological polar surface area (TPSA) is 81.9 Å². The molecular weight excluding hydrogens is 422 g/mol. The average Bonchev–Trinajstić information content (AvgIpc) is 3.25. The van der Waals surface area contributed by atoms with Crippen molar-refractivity contribution in [3.63, 3.8) is 0 Å². The summed E-state index contributed by atoms with van der Waals surface area (Å²) in [5, 5.41) is 16.3. The summed E-state index contributed by atoms with van der Waals surface area (Å²) in [6.07, 6.45) is 9.89. The Morgan fingerprint density at radius 2 is 1.79 bits per heavy atom. The molecule has 1 fully saturated rings. The van der Waals surface area contributed by atoms with Crippen molar-refractivity contribution in [3.8, 4) is 0 Å². The van der Waals surface area contributed by atoms with Crippen LogP contribution >= 0.6 is 0 Å². The van der Waals surface area contributed by atoms with E-state index in [0.717, 1.165) is 67.7 Å². The monoisotopic (exact) mass is 461 g/mol. The van der Waals surface area contributed by atoms with Crippen LogP contribution in [0.25, 0.3) is 11.0 Å². The SMILES string of the molecule is CCCCNC(=N)c1cc2cnc(Nc3ccc(N4CCCCC4)cc3)nc2n1C(CC)CC. The molecule has 1 aliphatic heterocycles. The molecule has 7 nitrogen and oxygen atoms in total. The summed E-state index contributed by atoms with van der Waals surface area (Å²) in [5.74, 6) is 1.04. The van der Waals surface area contributed by atoms with Crippen LogP contribution in [-0.4, -0.2) is 40.0 Å². The van der Waals surface area contributed by atoms with Crippen LogP contribution in [0, 0.1) is 5.41 Å². The molecule has 0 saturated carbocycles. The summed E-state index contributed by atoms with van der Waals surface area (Å²) < 4.78 is 2.23. The third-order valence-corrected chi connectivity index (χ3v) is 6.82. The number of benzene rings is 1. The molecule has 4 rings (SSSR count). The fraction of sp³-hybridized carbons (Fsp3) is 0.519. The van der Waals surface area contributed by atoms with Gasteiger partial charge >= 0.3 is 0 Å². The number of nitrogens with one attached hydrogen (secondary N) is 3. The standard InChI is InChI=1S/C27H39N7/c1-4-7-15-29-25(28)24-18-20-19-30-27(32-26(20)34(24)22(5-2)6-3)31-21-11-13-23(14-12-21)33-16-9-8-10-17-33/h11-14,18-19,22H,4-10,15-17H2,1-3H3,(H2,28,29)(H,30,31,32). The van der Waals surface area contributed by atoms with E-state index in [2.05, 4.69) is 70.1 Å². The molecule has 0 radical (unpaired) electrons. The van der Waals surface area contributed by atoms with Gasteiger partial charge in [-0.1, -0.05) is 27.2 Å². The maximum absolute atomic E-state index is 8.66. The van der Waals surface area contributed by atoms with E-state index in [-0.39, 0.29) is 6.04 Å². The van der Waals surface area contributed by atoms with Gasteiger partial charge in [-0.2, -0.15) is 4.98 Å². The molecule has 1 saturated heterocycles. The number of hydrogen-bond donors (Lipinski definition) is 3. The lowest BCUT2D eigenvalue weighted by molar-refractivity contribution is 0.480. The third kappa shape index (κ3) is 5.34. The van der Waals surface area contributed by atoms with Crippen molar-refractivity contribution in [3.05, 3.63) is 42.2 Å². The number of aromatic nitrogens is 3. The predicted octanol–water partition coefficient (Wildman–Crippen LogP) is 6.24. The van der Waals surface area contributed by atoms with Crippen molar-refractivity contribution in [1.29, 1.82) is 5.41 Å². The Balaban J connectivity index is 1.59. The minimum atomic E-state index is 0.285. The number of amidine groups is 1. The molecule has 3 heterocycles. The van der Waals surface area contributed by atoms with Gasteiger partial charge in [-0.15, -0.1) is 0 Å². The summed E-state index contributed by atoms with van der Waals surface area (Å²) in [4.78, 5) is 11.9. The summed E-state index contributed by atoms with van der Waals surface area (Å²) in [5.41, 5.74) is 4.03. The molecule has 182 valence electrons. The first-order valence-corrected chi connectivity index (χ1v) is 13.0. The highest BCUT2D eigenvalue weighted by Gasteiger charge is 2.20. The van der Waals surface area contributed by atoms with Crippen LogP contribution in [0.15, 0.2) is 36.5 Å². The van der Waals surface area contributed by atoms with Crippen molar-refractivity contribution in [1.82, 2.24) is 19.9 Å². The highest BCUT2D eigenvalue weighted by molar-refractivity contribution is 5.99. The van der Waals surface area contributed by atoms with Crippen molar-refractivity contribution in [2.75, 3.05) is 29.9 Å². The van der Waals surface area contributed by atoms with Gasteiger partial charge in [0.1, 0.15) is 11.5 Å². The van der Waals surface area contributed by atoms with Gasteiger partial charge in [0.15, 0.2) is 0 Å². The zero-order valence-electron chi connectivity index (χ0n) is 20.9. The van der Waals surface area contributed by atoms with E-state index in [9.17, 15) is 0 Å². The van der Waals surface area contributed by atoms with Crippen LogP contribution in [0.4, 0.5) is 17.3 Å². The van der Waals surface area contributed by atoms with Crippen molar-refractivity contribution < 1.29 is 0 Å². The smallest absolute Gasteiger partial charge is 0.229 e. The summed E-state index contributed by atoms with van der Waals surface area (Å²) >= 11 is 0. The quantitative estimate of drug-likeness (QED) is 0.189. The number of unbranched alkanes of at least 4 members (excludes halogenated alkanes) is 1. The molecule has 0 amide bonds. The maximum atomic E-state index is 8.66. The minimum Gasteiger partial charge on any atom is -0.372 e. The van der Waals surface area contributed by atoms with Crippen LogP contribution in [-0.2, 0) is 0 Å². The lowest BCUT2D eigenvalue weighted by Crippen LogP contribution is -2.29. The largest absolute Gasteiger partial charge is 0.372 e. The Morgan fingerprint density at radius 1 is 1.06 bits per heavy atom. The molecular formula is C27H39N7. The summed E-state index contributed by atoms with van der Waals surface area (Å²) in [6, 6.07) is 10.9. The van der Waals surface area contributed by atoms with Crippen molar-refractivity contribution in [2.24, 2.45) is 0 Å². The number of piperidine rings is 1. The fourth-order valence-corrected chi connectivity index (χ4v) is 4.80.